The van der Waals surface area contributed by atoms with Gasteiger partial charge in [0.1, 0.15) is 5.37 Å². The molecule has 0 radical (unpaired) electrons. The van der Waals surface area contributed by atoms with Crippen molar-refractivity contribution in [2.45, 2.75) is 5.37 Å². The van der Waals surface area contributed by atoms with Gasteiger partial charge in [-0.05, 0) is 29.8 Å². The van der Waals surface area contributed by atoms with Gasteiger partial charge in [-0.2, -0.15) is 0 Å². The number of benzene rings is 2. The van der Waals surface area contributed by atoms with E-state index in [1.54, 1.807) is 11.8 Å². The predicted octanol–water partition coefficient (Wildman–Crippen LogP) is 3.69. The van der Waals surface area contributed by atoms with Crippen LogP contribution in [0.4, 0.5) is 10.5 Å². The Kier molecular flexibility index (Phi) is 3.75. The number of urea groups is 1. The molecular formula is C17H16N2O3S. The van der Waals surface area contributed by atoms with E-state index < -0.39 is 0 Å². The summed E-state index contributed by atoms with van der Waals surface area (Å²) < 4.78 is 10.8. The van der Waals surface area contributed by atoms with Crippen molar-refractivity contribution < 1.29 is 14.3 Å². The molecule has 2 amide bonds. The number of hydrogen-bond acceptors (Lipinski definition) is 4. The zero-order valence-corrected chi connectivity index (χ0v) is 13.2. The lowest BCUT2D eigenvalue weighted by atomic mass is 10.2. The van der Waals surface area contributed by atoms with Gasteiger partial charge in [0.25, 0.3) is 0 Å². The first kappa shape index (κ1) is 14.3. The number of anilines is 1. The summed E-state index contributed by atoms with van der Waals surface area (Å²) in [6, 6.07) is 15.3. The molecule has 2 aliphatic rings. The van der Waals surface area contributed by atoms with Gasteiger partial charge in [-0.1, -0.05) is 24.3 Å². The standard InChI is InChI=1S/C17H16N2O3S/c20-17(18-13-4-2-1-3-5-13)19-8-9-23-16(19)12-6-7-14-15(10-12)22-11-21-14/h1-7,10,16H,8-9,11H2,(H,18,20). The molecule has 1 atom stereocenters. The van der Waals surface area contributed by atoms with Crippen molar-refractivity contribution in [3.63, 3.8) is 0 Å². The highest BCUT2D eigenvalue weighted by atomic mass is 32.2. The Labute approximate surface area is 138 Å². The molecule has 4 rings (SSSR count). The number of rotatable bonds is 2. The predicted molar refractivity (Wildman–Crippen MR) is 89.9 cm³/mol. The van der Waals surface area contributed by atoms with Crippen LogP contribution < -0.4 is 14.8 Å². The second-order valence-corrected chi connectivity index (χ2v) is 6.51. The minimum atomic E-state index is -0.0798. The summed E-state index contributed by atoms with van der Waals surface area (Å²) in [5.41, 5.74) is 1.86. The number of para-hydroxylation sites is 1. The number of amides is 2. The first-order valence-electron chi connectivity index (χ1n) is 7.45. The van der Waals surface area contributed by atoms with Crippen molar-refractivity contribution in [3.05, 3.63) is 54.1 Å². The fourth-order valence-corrected chi connectivity index (χ4v) is 3.98. The molecule has 2 aliphatic heterocycles. The van der Waals surface area contributed by atoms with Crippen molar-refractivity contribution in [3.8, 4) is 11.5 Å². The number of nitrogens with zero attached hydrogens (tertiary/aromatic N) is 1. The number of nitrogens with one attached hydrogen (secondary N) is 1. The molecule has 23 heavy (non-hydrogen) atoms. The van der Waals surface area contributed by atoms with Gasteiger partial charge in [0, 0.05) is 18.0 Å². The Morgan fingerprint density at radius 1 is 1.13 bits per heavy atom. The molecule has 2 aromatic rings. The minimum Gasteiger partial charge on any atom is -0.454 e. The van der Waals surface area contributed by atoms with Crippen LogP contribution in [0.3, 0.4) is 0 Å². The fraction of sp³-hybridized carbons (Fsp3) is 0.235. The van der Waals surface area contributed by atoms with E-state index in [4.69, 9.17) is 9.47 Å². The van der Waals surface area contributed by atoms with Gasteiger partial charge in [-0.25, -0.2) is 4.79 Å². The molecule has 0 saturated carbocycles. The van der Waals surface area contributed by atoms with E-state index in [2.05, 4.69) is 5.32 Å². The van der Waals surface area contributed by atoms with Crippen LogP contribution in [0.5, 0.6) is 11.5 Å². The van der Waals surface area contributed by atoms with Crippen molar-refractivity contribution in [1.82, 2.24) is 4.90 Å². The smallest absolute Gasteiger partial charge is 0.323 e. The molecule has 0 aromatic heterocycles. The van der Waals surface area contributed by atoms with Crippen LogP contribution in [0, 0.1) is 0 Å². The SMILES string of the molecule is O=C(Nc1ccccc1)N1CCSC1c1ccc2c(c1)OCO2. The van der Waals surface area contributed by atoms with Gasteiger partial charge in [-0.15, -0.1) is 11.8 Å². The molecule has 1 N–H and O–H groups in total. The van der Waals surface area contributed by atoms with Crippen LogP contribution in [-0.2, 0) is 0 Å². The summed E-state index contributed by atoms with van der Waals surface area (Å²) in [7, 11) is 0. The maximum atomic E-state index is 12.6. The zero-order chi connectivity index (χ0) is 15.6. The highest BCUT2D eigenvalue weighted by Crippen LogP contribution is 2.42. The average Bonchev–Trinajstić information content (AvgIpc) is 3.24. The van der Waals surface area contributed by atoms with Crippen LogP contribution >= 0.6 is 11.8 Å². The van der Waals surface area contributed by atoms with Gasteiger partial charge >= 0.3 is 6.03 Å². The van der Waals surface area contributed by atoms with Crippen LogP contribution in [0.15, 0.2) is 48.5 Å². The van der Waals surface area contributed by atoms with Crippen LogP contribution in [0.2, 0.25) is 0 Å². The van der Waals surface area contributed by atoms with Gasteiger partial charge in [0.05, 0.1) is 0 Å². The fourth-order valence-electron chi connectivity index (χ4n) is 2.74. The minimum absolute atomic E-state index is 0.00628. The molecule has 1 saturated heterocycles. The Balaban J connectivity index is 1.53. The van der Waals surface area contributed by atoms with Crippen molar-refractivity contribution in [1.29, 1.82) is 0 Å². The second kappa shape index (κ2) is 6.04. The molecule has 1 unspecified atom stereocenters. The van der Waals surface area contributed by atoms with E-state index in [1.165, 1.54) is 0 Å². The maximum absolute atomic E-state index is 12.6. The molecule has 1 fully saturated rings. The van der Waals surface area contributed by atoms with E-state index in [0.717, 1.165) is 35.0 Å². The average molecular weight is 328 g/mol. The number of fused-ring (bicyclic) bond motifs is 1. The Morgan fingerprint density at radius 2 is 1.96 bits per heavy atom. The van der Waals surface area contributed by atoms with Crippen LogP contribution in [-0.4, -0.2) is 30.0 Å². The van der Waals surface area contributed by atoms with Crippen LogP contribution in [0.1, 0.15) is 10.9 Å². The summed E-state index contributed by atoms with van der Waals surface area (Å²) in [5, 5.41) is 2.95. The van der Waals surface area contributed by atoms with E-state index in [9.17, 15) is 4.79 Å². The topological polar surface area (TPSA) is 50.8 Å². The normalized spacial score (nSPS) is 19.0. The van der Waals surface area contributed by atoms with Gasteiger partial charge < -0.3 is 19.7 Å². The lowest BCUT2D eigenvalue weighted by Crippen LogP contribution is -2.34. The third-order valence-corrected chi connectivity index (χ3v) is 5.12. The first-order chi connectivity index (χ1) is 11.3. The molecule has 0 spiro atoms. The maximum Gasteiger partial charge on any atom is 0.323 e. The van der Waals surface area contributed by atoms with Crippen molar-refractivity contribution in [2.24, 2.45) is 0 Å². The van der Waals surface area contributed by atoms with E-state index in [-0.39, 0.29) is 18.2 Å². The van der Waals surface area contributed by atoms with Crippen LogP contribution in [0.25, 0.3) is 0 Å². The monoisotopic (exact) mass is 328 g/mol. The third-order valence-electron chi connectivity index (χ3n) is 3.86. The van der Waals surface area contributed by atoms with Crippen molar-refractivity contribution in [2.75, 3.05) is 24.4 Å². The number of thioether (sulfide) groups is 1. The van der Waals surface area contributed by atoms with E-state index >= 15 is 0 Å². The molecule has 0 bridgehead atoms. The summed E-state index contributed by atoms with van der Waals surface area (Å²) in [6.45, 7) is 0.983. The molecular weight excluding hydrogens is 312 g/mol. The summed E-state index contributed by atoms with van der Waals surface area (Å²) in [5.74, 6) is 2.43. The number of carbonyl (C=O) groups excluding carboxylic acids is 1. The summed E-state index contributed by atoms with van der Waals surface area (Å²) in [4.78, 5) is 14.4. The molecule has 6 heteroatoms. The first-order valence-corrected chi connectivity index (χ1v) is 8.50. The molecule has 2 aromatic carbocycles. The van der Waals surface area contributed by atoms with E-state index in [1.807, 2.05) is 53.4 Å². The quantitative estimate of drug-likeness (QED) is 0.913. The Morgan fingerprint density at radius 3 is 2.83 bits per heavy atom. The highest BCUT2D eigenvalue weighted by molar-refractivity contribution is 7.99. The number of hydrogen-bond donors (Lipinski definition) is 1. The molecule has 2 heterocycles. The van der Waals surface area contributed by atoms with E-state index in [0.29, 0.717) is 0 Å². The van der Waals surface area contributed by atoms with Gasteiger partial charge in [0.15, 0.2) is 11.5 Å². The zero-order valence-electron chi connectivity index (χ0n) is 12.4. The molecule has 118 valence electrons. The lowest BCUT2D eigenvalue weighted by molar-refractivity contribution is 0.174. The Bertz CT molecular complexity index is 723. The summed E-state index contributed by atoms with van der Waals surface area (Å²) in [6.07, 6.45) is 0. The van der Waals surface area contributed by atoms with Gasteiger partial charge in [-0.3, -0.25) is 0 Å². The Hall–Kier alpha value is -2.34. The number of carbonyl (C=O) groups is 1. The lowest BCUT2D eigenvalue weighted by Gasteiger charge is -2.24. The van der Waals surface area contributed by atoms with Gasteiger partial charge in [0.2, 0.25) is 6.79 Å². The summed E-state index contributed by atoms with van der Waals surface area (Å²) >= 11 is 1.76. The highest BCUT2D eigenvalue weighted by Gasteiger charge is 2.31. The molecule has 0 aliphatic carbocycles. The molecule has 5 nitrogen and oxygen atoms in total. The third kappa shape index (κ3) is 2.82. The number of ether oxygens (including phenoxy) is 2. The second-order valence-electron chi connectivity index (χ2n) is 5.33. The van der Waals surface area contributed by atoms with Crippen molar-refractivity contribution >= 4 is 23.5 Å². The largest absolute Gasteiger partial charge is 0.454 e.